The van der Waals surface area contributed by atoms with Gasteiger partial charge in [0.1, 0.15) is 0 Å². The first-order valence-electron chi connectivity index (χ1n) is 25.6. The van der Waals surface area contributed by atoms with Crippen LogP contribution >= 0.6 is 0 Å². The minimum atomic E-state index is 1.37. The fourth-order valence-electron chi connectivity index (χ4n) is 8.46. The third-order valence-electron chi connectivity index (χ3n) is 12.2. The van der Waals surface area contributed by atoms with Crippen molar-refractivity contribution in [1.29, 1.82) is 0 Å². The predicted octanol–water partition coefficient (Wildman–Crippen LogP) is 18.9. The van der Waals surface area contributed by atoms with Gasteiger partial charge >= 0.3 is 0 Å². The van der Waals surface area contributed by atoms with Gasteiger partial charge in [-0.2, -0.15) is 0 Å². The van der Waals surface area contributed by atoms with Gasteiger partial charge in [0.15, 0.2) is 0 Å². The van der Waals surface area contributed by atoms with Gasteiger partial charge in [0.2, 0.25) is 0 Å². The van der Waals surface area contributed by atoms with Crippen molar-refractivity contribution in [3.8, 4) is 0 Å². The van der Waals surface area contributed by atoms with Gasteiger partial charge in [-0.15, -0.1) is 0 Å². The Kier molecular flexibility index (Phi) is 48.9. The lowest BCUT2D eigenvalue weighted by molar-refractivity contribution is 0.254. The van der Waals surface area contributed by atoms with Crippen molar-refractivity contribution in [1.82, 2.24) is 4.90 Å². The third-order valence-corrected chi connectivity index (χ3v) is 12.2. The lowest BCUT2D eigenvalue weighted by atomic mass is 10.0. The van der Waals surface area contributed by atoms with Crippen molar-refractivity contribution in [3.05, 3.63) is 0 Å². The van der Waals surface area contributed by atoms with Crippen LogP contribution in [0.2, 0.25) is 0 Å². The summed E-state index contributed by atoms with van der Waals surface area (Å²) in [7, 11) is 0. The Bertz CT molecular complexity index is 505. The summed E-state index contributed by atoms with van der Waals surface area (Å²) in [5, 5.41) is 0. The smallest absolute Gasteiger partial charge is 0.00187 e. The predicted molar refractivity (Wildman–Crippen MR) is 241 cm³/mol. The zero-order chi connectivity index (χ0) is 37.5. The summed E-state index contributed by atoms with van der Waals surface area (Å²) in [6.07, 6.45) is 66.0. The van der Waals surface area contributed by atoms with E-state index < -0.39 is 0 Å². The van der Waals surface area contributed by atoms with Crippen LogP contribution in [0.15, 0.2) is 0 Å². The Hall–Kier alpha value is -0.0400. The van der Waals surface area contributed by atoms with Crippen LogP contribution in [-0.2, 0) is 0 Å². The maximum Gasteiger partial charge on any atom is -0.00187 e. The highest BCUT2D eigenvalue weighted by Gasteiger charge is 2.06. The second-order valence-electron chi connectivity index (χ2n) is 17.7. The lowest BCUT2D eigenvalue weighted by Crippen LogP contribution is -2.27. The van der Waals surface area contributed by atoms with Crippen molar-refractivity contribution in [2.75, 3.05) is 19.6 Å². The Balaban J connectivity index is 3.94. The molecule has 0 heterocycles. The van der Waals surface area contributed by atoms with Crippen molar-refractivity contribution in [2.45, 2.75) is 310 Å². The normalized spacial score (nSPS) is 11.8. The quantitative estimate of drug-likeness (QED) is 0.0563. The molecule has 1 heteroatoms. The molecule has 0 saturated heterocycles. The first-order valence-corrected chi connectivity index (χ1v) is 25.6. The van der Waals surface area contributed by atoms with Gasteiger partial charge < -0.3 is 4.90 Å². The van der Waals surface area contributed by atoms with Crippen LogP contribution in [-0.4, -0.2) is 24.5 Å². The lowest BCUT2D eigenvalue weighted by Gasteiger charge is -2.22. The molecular weight excluding hydrogens is 627 g/mol. The van der Waals surface area contributed by atoms with E-state index in [4.69, 9.17) is 0 Å². The molecule has 0 aromatic carbocycles. The molecule has 0 aliphatic rings. The summed E-state index contributed by atoms with van der Waals surface area (Å²) < 4.78 is 0. The van der Waals surface area contributed by atoms with Crippen molar-refractivity contribution in [3.63, 3.8) is 0 Å². The summed E-state index contributed by atoms with van der Waals surface area (Å²) in [6.45, 7) is 11.1. The zero-order valence-corrected chi connectivity index (χ0v) is 37.4. The molecule has 314 valence electrons. The van der Waals surface area contributed by atoms with Crippen molar-refractivity contribution < 1.29 is 0 Å². The highest BCUT2D eigenvalue weighted by Crippen LogP contribution is 2.17. The van der Waals surface area contributed by atoms with Crippen LogP contribution < -0.4 is 0 Å². The molecule has 0 rings (SSSR count). The maximum absolute atomic E-state index is 2.88. The molecule has 0 bridgehead atoms. The number of rotatable bonds is 48. The van der Waals surface area contributed by atoms with E-state index in [2.05, 4.69) is 25.7 Å². The van der Waals surface area contributed by atoms with Crippen LogP contribution in [0.5, 0.6) is 0 Å². The minimum Gasteiger partial charge on any atom is -0.303 e. The van der Waals surface area contributed by atoms with E-state index in [1.54, 1.807) is 0 Å². The van der Waals surface area contributed by atoms with E-state index in [0.717, 1.165) is 0 Å². The van der Waals surface area contributed by atoms with E-state index in [1.165, 1.54) is 309 Å². The number of hydrogen-bond acceptors (Lipinski definition) is 1. The average molecular weight is 732 g/mol. The van der Waals surface area contributed by atoms with Crippen LogP contribution in [0.1, 0.15) is 310 Å². The van der Waals surface area contributed by atoms with Crippen LogP contribution in [0.25, 0.3) is 0 Å². The first-order chi connectivity index (χ1) is 25.8. The van der Waals surface area contributed by atoms with Gasteiger partial charge in [0.25, 0.3) is 0 Å². The summed E-state index contributed by atoms with van der Waals surface area (Å²) >= 11 is 0. The molecule has 0 radical (unpaired) electrons. The second-order valence-corrected chi connectivity index (χ2v) is 17.7. The molecule has 0 aliphatic carbocycles. The Morgan fingerprint density at radius 2 is 0.269 bits per heavy atom. The largest absolute Gasteiger partial charge is 0.303 e. The van der Waals surface area contributed by atoms with E-state index >= 15 is 0 Å². The van der Waals surface area contributed by atoms with Crippen molar-refractivity contribution >= 4 is 0 Å². The fourth-order valence-corrected chi connectivity index (χ4v) is 8.46. The summed E-state index contributed by atoms with van der Waals surface area (Å²) in [4.78, 5) is 2.88. The standard InChI is InChI=1S/C51H105N/c1-4-7-10-13-16-19-22-25-28-31-34-37-40-43-46-49-52(50-47-44-41-38-35-32-29-26-23-20-17-14-11-8-5-2)51-48-45-42-39-36-33-30-27-24-21-18-15-12-9-6-3/h4-51H2,1-3H3. The average Bonchev–Trinajstić information content (AvgIpc) is 3.15. The van der Waals surface area contributed by atoms with Gasteiger partial charge in [0, 0.05) is 0 Å². The summed E-state index contributed by atoms with van der Waals surface area (Å²) in [6, 6.07) is 0. The molecule has 52 heavy (non-hydrogen) atoms. The second kappa shape index (κ2) is 49.0. The monoisotopic (exact) mass is 732 g/mol. The minimum absolute atomic E-state index is 1.37. The molecule has 0 aliphatic heterocycles. The molecule has 0 spiro atoms. The van der Waals surface area contributed by atoms with Crippen molar-refractivity contribution in [2.24, 2.45) is 0 Å². The van der Waals surface area contributed by atoms with Gasteiger partial charge in [-0.05, 0) is 38.9 Å². The van der Waals surface area contributed by atoms with E-state index in [9.17, 15) is 0 Å². The van der Waals surface area contributed by atoms with Crippen LogP contribution in [0, 0.1) is 0 Å². The van der Waals surface area contributed by atoms with Gasteiger partial charge in [-0.3, -0.25) is 0 Å². The van der Waals surface area contributed by atoms with E-state index in [0.29, 0.717) is 0 Å². The fraction of sp³-hybridized carbons (Fsp3) is 1.00. The molecule has 0 atom stereocenters. The molecule has 0 saturated carbocycles. The SMILES string of the molecule is CCCCCCCCCCCCCCCCCN(CCCCCCCCCCCCCCCCC)CCCCCCCCCCCCCCCCC. The first kappa shape index (κ1) is 52.0. The van der Waals surface area contributed by atoms with Gasteiger partial charge in [-0.1, -0.05) is 290 Å². The molecule has 0 amide bonds. The Morgan fingerprint density at radius 1 is 0.154 bits per heavy atom. The number of nitrogens with zero attached hydrogens (tertiary/aromatic N) is 1. The third kappa shape index (κ3) is 46.1. The number of hydrogen-bond donors (Lipinski definition) is 0. The van der Waals surface area contributed by atoms with E-state index in [1.807, 2.05) is 0 Å². The topological polar surface area (TPSA) is 3.24 Å². The zero-order valence-electron chi connectivity index (χ0n) is 37.4. The summed E-state index contributed by atoms with van der Waals surface area (Å²) in [5.41, 5.74) is 0. The Morgan fingerprint density at radius 3 is 0.404 bits per heavy atom. The highest BCUT2D eigenvalue weighted by atomic mass is 15.1. The maximum atomic E-state index is 2.88. The van der Waals surface area contributed by atoms with Gasteiger partial charge in [-0.25, -0.2) is 0 Å². The number of unbranched alkanes of at least 4 members (excludes halogenated alkanes) is 42. The van der Waals surface area contributed by atoms with Gasteiger partial charge in [0.05, 0.1) is 0 Å². The molecule has 0 aromatic heterocycles. The van der Waals surface area contributed by atoms with E-state index in [-0.39, 0.29) is 0 Å². The molecule has 0 fully saturated rings. The summed E-state index contributed by atoms with van der Waals surface area (Å²) in [5.74, 6) is 0. The highest BCUT2D eigenvalue weighted by molar-refractivity contribution is 4.61. The Labute approximate surface area is 333 Å². The van der Waals surface area contributed by atoms with Crippen LogP contribution in [0.4, 0.5) is 0 Å². The molecule has 0 N–H and O–H groups in total. The molecular formula is C51H105N. The molecule has 0 unspecified atom stereocenters. The van der Waals surface area contributed by atoms with Crippen LogP contribution in [0.3, 0.4) is 0 Å². The molecule has 0 aromatic rings. The molecule has 1 nitrogen and oxygen atoms in total.